The number of nitrogens with zero attached hydrogens (tertiary/aromatic N) is 3. The van der Waals surface area contributed by atoms with Crippen LogP contribution in [0.2, 0.25) is 0 Å². The van der Waals surface area contributed by atoms with E-state index in [0.717, 1.165) is 48.5 Å². The molecule has 0 radical (unpaired) electrons. The average Bonchev–Trinajstić information content (AvgIpc) is 2.81. The quantitative estimate of drug-likeness (QED) is 0.867. The maximum atomic E-state index is 6.18. The number of ether oxygens (including phenoxy) is 2. The first-order valence-electron chi connectivity index (χ1n) is 7.79. The van der Waals surface area contributed by atoms with Gasteiger partial charge in [0.25, 0.3) is 5.88 Å². The molecule has 0 aromatic carbocycles. The van der Waals surface area contributed by atoms with Crippen molar-refractivity contribution < 1.29 is 14.0 Å². The van der Waals surface area contributed by atoms with Gasteiger partial charge >= 0.3 is 0 Å². The molecule has 2 aromatic heterocycles. The number of aryl methyl sites for hydroxylation is 2. The molecule has 3 heterocycles. The van der Waals surface area contributed by atoms with E-state index in [4.69, 9.17) is 15.2 Å². The third-order valence-electron chi connectivity index (χ3n) is 4.73. The van der Waals surface area contributed by atoms with Crippen molar-refractivity contribution in [1.29, 1.82) is 0 Å². The summed E-state index contributed by atoms with van der Waals surface area (Å²) >= 11 is 0. The molecule has 1 aliphatic heterocycles. The van der Waals surface area contributed by atoms with Crippen molar-refractivity contribution in [2.24, 2.45) is 0 Å². The van der Waals surface area contributed by atoms with Gasteiger partial charge in [0.1, 0.15) is 31.9 Å². The molecular weight excluding hydrogens is 280 g/mol. The molecule has 6 heteroatoms. The van der Waals surface area contributed by atoms with Gasteiger partial charge in [0, 0.05) is 5.69 Å². The highest BCUT2D eigenvalue weighted by Gasteiger charge is 2.25. The van der Waals surface area contributed by atoms with E-state index in [2.05, 4.69) is 25.1 Å². The molecule has 1 aliphatic rings. The predicted octanol–water partition coefficient (Wildman–Crippen LogP) is 1.39. The van der Waals surface area contributed by atoms with Crippen LogP contribution in [0.15, 0.2) is 12.1 Å². The van der Waals surface area contributed by atoms with Gasteiger partial charge in [-0.05, 0) is 25.5 Å². The number of hydrogen-bond donors (Lipinski definition) is 1. The molecule has 1 fully saturated rings. The zero-order valence-corrected chi connectivity index (χ0v) is 13.6. The Hall–Kier alpha value is -1.79. The summed E-state index contributed by atoms with van der Waals surface area (Å²) in [4.78, 5) is 0. The van der Waals surface area contributed by atoms with E-state index in [0.29, 0.717) is 18.2 Å². The molecule has 22 heavy (non-hydrogen) atoms. The molecule has 0 atom stereocenters. The molecule has 1 saturated heterocycles. The predicted molar refractivity (Wildman–Crippen MR) is 86.2 cm³/mol. The minimum Gasteiger partial charge on any atom is -0.469 e. The second-order valence-corrected chi connectivity index (χ2v) is 6.37. The Labute approximate surface area is 131 Å². The highest BCUT2D eigenvalue weighted by molar-refractivity contribution is 5.75. The SMILES string of the molecule is Cc1ccc2c(N)c(OCC[N+]3(C)CCOCC3)nn2c1C. The van der Waals surface area contributed by atoms with Gasteiger partial charge < -0.3 is 19.7 Å². The molecule has 0 aliphatic carbocycles. The first-order chi connectivity index (χ1) is 10.5. The second kappa shape index (κ2) is 5.78. The van der Waals surface area contributed by atoms with Gasteiger partial charge in [-0.15, -0.1) is 5.10 Å². The van der Waals surface area contributed by atoms with Crippen molar-refractivity contribution in [2.75, 3.05) is 52.2 Å². The van der Waals surface area contributed by atoms with Crippen LogP contribution in [0.1, 0.15) is 11.3 Å². The number of hydrogen-bond acceptors (Lipinski definition) is 4. The van der Waals surface area contributed by atoms with Crippen LogP contribution in [-0.4, -0.2) is 60.6 Å². The van der Waals surface area contributed by atoms with E-state index in [1.807, 2.05) is 17.5 Å². The van der Waals surface area contributed by atoms with Crippen molar-refractivity contribution >= 4 is 11.2 Å². The Balaban J connectivity index is 1.71. The van der Waals surface area contributed by atoms with Gasteiger partial charge in [0.2, 0.25) is 0 Å². The number of fused-ring (bicyclic) bond motifs is 1. The fraction of sp³-hybridized carbons (Fsp3) is 0.562. The van der Waals surface area contributed by atoms with Crippen molar-refractivity contribution in [3.05, 3.63) is 23.4 Å². The number of nitrogen functional groups attached to an aromatic ring is 1. The minimum absolute atomic E-state index is 0.536. The lowest BCUT2D eigenvalue weighted by Gasteiger charge is -2.37. The van der Waals surface area contributed by atoms with E-state index in [1.165, 1.54) is 5.56 Å². The normalized spacial score (nSPS) is 17.8. The highest BCUT2D eigenvalue weighted by atomic mass is 16.5. The van der Waals surface area contributed by atoms with Crippen LogP contribution in [0, 0.1) is 13.8 Å². The maximum absolute atomic E-state index is 6.18. The molecule has 0 unspecified atom stereocenters. The zero-order valence-electron chi connectivity index (χ0n) is 13.6. The van der Waals surface area contributed by atoms with Crippen LogP contribution in [-0.2, 0) is 4.74 Å². The van der Waals surface area contributed by atoms with Gasteiger partial charge in [-0.1, -0.05) is 6.07 Å². The van der Waals surface area contributed by atoms with E-state index in [1.54, 1.807) is 0 Å². The third kappa shape index (κ3) is 2.76. The van der Waals surface area contributed by atoms with Crippen molar-refractivity contribution in [2.45, 2.75) is 13.8 Å². The van der Waals surface area contributed by atoms with Crippen LogP contribution in [0.25, 0.3) is 5.52 Å². The van der Waals surface area contributed by atoms with Crippen molar-refractivity contribution in [3.8, 4) is 5.88 Å². The summed E-state index contributed by atoms with van der Waals surface area (Å²) in [5.74, 6) is 0.536. The second-order valence-electron chi connectivity index (χ2n) is 6.37. The molecule has 3 rings (SSSR count). The van der Waals surface area contributed by atoms with Gasteiger partial charge in [-0.25, -0.2) is 4.52 Å². The third-order valence-corrected chi connectivity index (χ3v) is 4.73. The molecule has 0 bridgehead atoms. The lowest BCUT2D eigenvalue weighted by molar-refractivity contribution is -0.916. The molecule has 0 spiro atoms. The van der Waals surface area contributed by atoms with E-state index in [9.17, 15) is 0 Å². The number of anilines is 1. The molecule has 0 saturated carbocycles. The van der Waals surface area contributed by atoms with Crippen molar-refractivity contribution in [3.63, 3.8) is 0 Å². The van der Waals surface area contributed by atoms with Crippen LogP contribution in [0.5, 0.6) is 5.88 Å². The first-order valence-corrected chi connectivity index (χ1v) is 7.79. The summed E-state index contributed by atoms with van der Waals surface area (Å²) in [5, 5.41) is 4.52. The number of morpholine rings is 1. The van der Waals surface area contributed by atoms with Crippen LogP contribution in [0.3, 0.4) is 0 Å². The standard InChI is InChI=1S/C16H25N4O2/c1-12-4-5-14-15(17)16(18-19(14)13(12)2)22-11-8-20(3)6-9-21-10-7-20/h4-5H,6-11,17H2,1-3H3/q+1. The van der Waals surface area contributed by atoms with Gasteiger partial charge in [0.05, 0.1) is 25.8 Å². The number of nitrogens with two attached hydrogens (primary N) is 1. The average molecular weight is 305 g/mol. The molecule has 0 amide bonds. The summed E-state index contributed by atoms with van der Waals surface area (Å²) in [6.45, 7) is 9.37. The summed E-state index contributed by atoms with van der Waals surface area (Å²) in [5.41, 5.74) is 9.98. The van der Waals surface area contributed by atoms with Gasteiger partial charge in [-0.2, -0.15) is 0 Å². The lowest BCUT2D eigenvalue weighted by atomic mass is 10.2. The van der Waals surface area contributed by atoms with Gasteiger partial charge in [-0.3, -0.25) is 0 Å². The Kier molecular flexibility index (Phi) is 3.97. The lowest BCUT2D eigenvalue weighted by Crippen LogP contribution is -2.53. The number of rotatable bonds is 4. The highest BCUT2D eigenvalue weighted by Crippen LogP contribution is 2.27. The van der Waals surface area contributed by atoms with Crippen LogP contribution >= 0.6 is 0 Å². The Bertz CT molecular complexity index is 674. The summed E-state index contributed by atoms with van der Waals surface area (Å²) in [7, 11) is 2.24. The van der Waals surface area contributed by atoms with E-state index < -0.39 is 0 Å². The summed E-state index contributed by atoms with van der Waals surface area (Å²) < 4.78 is 14.1. The van der Waals surface area contributed by atoms with Crippen LogP contribution < -0.4 is 10.5 Å². The monoisotopic (exact) mass is 305 g/mol. The Morgan fingerprint density at radius 2 is 2.05 bits per heavy atom. The first kappa shape index (κ1) is 15.1. The van der Waals surface area contributed by atoms with Crippen molar-refractivity contribution in [1.82, 2.24) is 9.61 Å². The molecule has 2 N–H and O–H groups in total. The molecule has 6 nitrogen and oxygen atoms in total. The molecule has 120 valence electrons. The minimum atomic E-state index is 0.536. The number of aromatic nitrogens is 2. The zero-order chi connectivity index (χ0) is 15.7. The Morgan fingerprint density at radius 3 is 2.77 bits per heavy atom. The van der Waals surface area contributed by atoms with E-state index in [-0.39, 0.29) is 0 Å². The number of pyridine rings is 1. The fourth-order valence-corrected chi connectivity index (χ4v) is 2.81. The smallest absolute Gasteiger partial charge is 0.257 e. The molecule has 2 aromatic rings. The van der Waals surface area contributed by atoms with E-state index >= 15 is 0 Å². The van der Waals surface area contributed by atoms with Crippen LogP contribution in [0.4, 0.5) is 5.69 Å². The number of likely N-dealkylation sites (N-methyl/N-ethyl adjacent to an activating group) is 1. The number of quaternary nitrogens is 1. The largest absolute Gasteiger partial charge is 0.469 e. The Morgan fingerprint density at radius 1 is 1.32 bits per heavy atom. The topological polar surface area (TPSA) is 61.8 Å². The van der Waals surface area contributed by atoms with Gasteiger partial charge in [0.15, 0.2) is 0 Å². The maximum Gasteiger partial charge on any atom is 0.257 e. The summed E-state index contributed by atoms with van der Waals surface area (Å²) in [6, 6.07) is 4.06. The summed E-state index contributed by atoms with van der Waals surface area (Å²) in [6.07, 6.45) is 0. The molecular formula is C16H25N4O2+. The fourth-order valence-electron chi connectivity index (χ4n) is 2.81.